The number of hydrogen-bond donors (Lipinski definition) is 2. The van der Waals surface area contributed by atoms with Crippen LogP contribution in [0.1, 0.15) is 25.7 Å². The molecule has 2 saturated carbocycles. The lowest BCUT2D eigenvalue weighted by Gasteiger charge is -2.42. The molecule has 0 spiro atoms. The van der Waals surface area contributed by atoms with E-state index in [4.69, 9.17) is 5.11 Å². The summed E-state index contributed by atoms with van der Waals surface area (Å²) in [5.74, 6) is -5.32. The third-order valence-corrected chi connectivity index (χ3v) is 6.25. The largest absolute Gasteiger partial charge is 0.480 e. The molecule has 3 rings (SSSR count). The Bertz CT molecular complexity index is 785. The van der Waals surface area contributed by atoms with E-state index < -0.39 is 44.4 Å². The van der Waals surface area contributed by atoms with E-state index in [-0.39, 0.29) is 12.6 Å². The number of carboxylic acids is 1. The first-order chi connectivity index (χ1) is 12.2. The van der Waals surface area contributed by atoms with Crippen LogP contribution in [0.5, 0.6) is 0 Å². The molecule has 6 nitrogen and oxygen atoms in total. The van der Waals surface area contributed by atoms with Gasteiger partial charge in [-0.05, 0) is 43.7 Å². The second-order valence-electron chi connectivity index (χ2n) is 6.91. The topological polar surface area (TPSA) is 86.7 Å². The first-order valence-corrected chi connectivity index (χ1v) is 9.76. The number of carbonyl (C=O) groups is 1. The van der Waals surface area contributed by atoms with Gasteiger partial charge in [0.25, 0.3) is 0 Å². The minimum atomic E-state index is -4.20. The Morgan fingerprint density at radius 2 is 1.77 bits per heavy atom. The van der Waals surface area contributed by atoms with Crippen molar-refractivity contribution in [3.05, 3.63) is 29.6 Å². The van der Waals surface area contributed by atoms with Gasteiger partial charge in [0.2, 0.25) is 10.0 Å². The second kappa shape index (κ2) is 7.16. The summed E-state index contributed by atoms with van der Waals surface area (Å²) in [6, 6.07) is 0.347. The summed E-state index contributed by atoms with van der Waals surface area (Å²) in [6.45, 7) is 0.569. The summed E-state index contributed by atoms with van der Waals surface area (Å²) in [4.78, 5) is 12.1. The normalized spacial score (nSPS) is 23.1. The fourth-order valence-electron chi connectivity index (χ4n) is 3.11. The van der Waals surface area contributed by atoms with E-state index in [0.717, 1.165) is 12.8 Å². The van der Waals surface area contributed by atoms with Crippen molar-refractivity contribution in [2.24, 2.45) is 5.92 Å². The highest BCUT2D eigenvalue weighted by atomic mass is 32.2. The monoisotopic (exact) mass is 392 g/mol. The molecular weight excluding hydrogens is 373 g/mol. The highest BCUT2D eigenvalue weighted by molar-refractivity contribution is 7.89. The zero-order valence-corrected chi connectivity index (χ0v) is 14.6. The third-order valence-electron chi connectivity index (χ3n) is 4.75. The van der Waals surface area contributed by atoms with Gasteiger partial charge >= 0.3 is 5.97 Å². The van der Waals surface area contributed by atoms with Gasteiger partial charge in [-0.15, -0.1) is 0 Å². The standard InChI is InChI=1S/C16H19F3N2O4S/c17-13-5-12(6-14(18)16(13)19)26(24,25)20-10-3-11(4-10)21(8-15(22)23)7-9-1-2-9/h5-6,9-11,20H,1-4,7-8H2,(H,22,23). The SMILES string of the molecule is O=C(O)CN(CC1CC1)C1CC(NS(=O)(=O)c2cc(F)c(F)c(F)c2)C1. The van der Waals surface area contributed by atoms with E-state index in [9.17, 15) is 26.4 Å². The molecule has 0 unspecified atom stereocenters. The van der Waals surface area contributed by atoms with E-state index in [1.165, 1.54) is 0 Å². The zero-order chi connectivity index (χ0) is 19.1. The van der Waals surface area contributed by atoms with Crippen LogP contribution in [0.2, 0.25) is 0 Å². The molecular formula is C16H19F3N2O4S. The Kier molecular flexibility index (Phi) is 5.27. The number of nitrogens with one attached hydrogen (secondary N) is 1. The van der Waals surface area contributed by atoms with Crippen molar-refractivity contribution in [1.82, 2.24) is 9.62 Å². The predicted octanol–water partition coefficient (Wildman–Crippen LogP) is 1.71. The first kappa shape index (κ1) is 19.1. The molecule has 26 heavy (non-hydrogen) atoms. The molecule has 2 aliphatic carbocycles. The van der Waals surface area contributed by atoms with Crippen molar-refractivity contribution in [3.63, 3.8) is 0 Å². The quantitative estimate of drug-likeness (QED) is 0.658. The summed E-state index contributed by atoms with van der Waals surface area (Å²) < 4.78 is 66.2. The van der Waals surface area contributed by atoms with Gasteiger partial charge in [0.15, 0.2) is 17.5 Å². The zero-order valence-electron chi connectivity index (χ0n) is 13.8. The molecule has 1 aromatic rings. The Hall–Kier alpha value is -1.65. The molecule has 2 N–H and O–H groups in total. The van der Waals surface area contributed by atoms with Crippen molar-refractivity contribution in [2.75, 3.05) is 13.1 Å². The summed E-state index contributed by atoms with van der Waals surface area (Å²) in [7, 11) is -4.20. The van der Waals surface area contributed by atoms with Gasteiger partial charge in [0.1, 0.15) is 0 Å². The van der Waals surface area contributed by atoms with Gasteiger partial charge in [-0.1, -0.05) is 0 Å². The molecule has 0 aromatic heterocycles. The summed E-state index contributed by atoms with van der Waals surface area (Å²) in [6.07, 6.45) is 2.96. The molecule has 0 radical (unpaired) electrons. The number of nitrogens with zero attached hydrogens (tertiary/aromatic N) is 1. The van der Waals surface area contributed by atoms with Crippen molar-refractivity contribution < 1.29 is 31.5 Å². The molecule has 0 aliphatic heterocycles. The first-order valence-electron chi connectivity index (χ1n) is 8.28. The Balaban J connectivity index is 1.61. The van der Waals surface area contributed by atoms with Gasteiger partial charge in [0, 0.05) is 18.6 Å². The van der Waals surface area contributed by atoms with Crippen LogP contribution in [0.4, 0.5) is 13.2 Å². The maximum atomic E-state index is 13.3. The molecule has 0 bridgehead atoms. The maximum absolute atomic E-state index is 13.3. The van der Waals surface area contributed by atoms with Crippen molar-refractivity contribution in [2.45, 2.75) is 42.7 Å². The molecule has 2 fully saturated rings. The fourth-order valence-corrected chi connectivity index (χ4v) is 4.39. The van der Waals surface area contributed by atoms with Crippen LogP contribution in [-0.4, -0.2) is 49.6 Å². The van der Waals surface area contributed by atoms with Gasteiger partial charge in [-0.25, -0.2) is 26.3 Å². The number of rotatable bonds is 8. The number of hydrogen-bond acceptors (Lipinski definition) is 4. The van der Waals surface area contributed by atoms with Gasteiger partial charge in [-0.3, -0.25) is 9.69 Å². The highest BCUT2D eigenvalue weighted by Crippen LogP contribution is 2.34. The number of benzene rings is 1. The van der Waals surface area contributed by atoms with Crippen molar-refractivity contribution >= 4 is 16.0 Å². The minimum absolute atomic E-state index is 0.0545. The van der Waals surface area contributed by atoms with Crippen LogP contribution in [0, 0.1) is 23.4 Å². The van der Waals surface area contributed by atoms with Crippen LogP contribution in [0.3, 0.4) is 0 Å². The lowest BCUT2D eigenvalue weighted by molar-refractivity contribution is -0.139. The molecule has 1 aromatic carbocycles. The summed E-state index contributed by atoms with van der Waals surface area (Å²) in [5, 5.41) is 9.01. The molecule has 0 atom stereocenters. The maximum Gasteiger partial charge on any atom is 0.317 e. The summed E-state index contributed by atoms with van der Waals surface area (Å²) in [5.41, 5.74) is 0. The lowest BCUT2D eigenvalue weighted by atomic mass is 9.86. The number of halogens is 3. The van der Waals surface area contributed by atoms with Crippen molar-refractivity contribution in [1.29, 1.82) is 0 Å². The van der Waals surface area contributed by atoms with Gasteiger partial charge < -0.3 is 5.11 Å². The van der Waals surface area contributed by atoms with Crippen LogP contribution < -0.4 is 4.72 Å². The number of carboxylic acid groups (broad SMARTS) is 1. The molecule has 144 valence electrons. The van der Waals surface area contributed by atoms with E-state index >= 15 is 0 Å². The van der Waals surface area contributed by atoms with Gasteiger partial charge in [-0.2, -0.15) is 0 Å². The molecule has 0 heterocycles. The third kappa shape index (κ3) is 4.36. The molecule has 0 amide bonds. The second-order valence-corrected chi connectivity index (χ2v) is 8.62. The van der Waals surface area contributed by atoms with Crippen LogP contribution in [0.25, 0.3) is 0 Å². The Morgan fingerprint density at radius 3 is 2.27 bits per heavy atom. The minimum Gasteiger partial charge on any atom is -0.480 e. The molecule has 2 aliphatic rings. The van der Waals surface area contributed by atoms with E-state index in [1.54, 1.807) is 0 Å². The average Bonchev–Trinajstić information content (AvgIpc) is 3.30. The molecule has 0 saturated heterocycles. The Labute approximate surface area is 149 Å². The Morgan fingerprint density at radius 1 is 1.19 bits per heavy atom. The number of aliphatic carboxylic acids is 1. The average molecular weight is 392 g/mol. The van der Waals surface area contributed by atoms with Crippen LogP contribution in [0.15, 0.2) is 17.0 Å². The lowest BCUT2D eigenvalue weighted by Crippen LogP contribution is -2.55. The van der Waals surface area contributed by atoms with E-state index in [2.05, 4.69) is 4.72 Å². The number of sulfonamides is 1. The van der Waals surface area contributed by atoms with Crippen LogP contribution >= 0.6 is 0 Å². The van der Waals surface area contributed by atoms with E-state index in [0.29, 0.717) is 37.4 Å². The highest BCUT2D eigenvalue weighted by Gasteiger charge is 2.39. The predicted molar refractivity (Wildman–Crippen MR) is 85.4 cm³/mol. The van der Waals surface area contributed by atoms with E-state index in [1.807, 2.05) is 4.90 Å². The van der Waals surface area contributed by atoms with Crippen LogP contribution in [-0.2, 0) is 14.8 Å². The fraction of sp³-hybridized carbons (Fsp3) is 0.562. The molecule has 10 heteroatoms. The summed E-state index contributed by atoms with van der Waals surface area (Å²) >= 11 is 0. The van der Waals surface area contributed by atoms with Gasteiger partial charge in [0.05, 0.1) is 11.4 Å². The smallest absolute Gasteiger partial charge is 0.317 e. The van der Waals surface area contributed by atoms with Crippen molar-refractivity contribution in [3.8, 4) is 0 Å².